The highest BCUT2D eigenvalue weighted by molar-refractivity contribution is 5.15. The van der Waals surface area contributed by atoms with E-state index in [1.165, 1.54) is 18.5 Å². The van der Waals surface area contributed by atoms with Crippen molar-refractivity contribution in [3.63, 3.8) is 0 Å². The largest absolute Gasteiger partial charge is 0.294 e. The maximum absolute atomic E-state index is 2.60. The highest BCUT2D eigenvalue weighted by Crippen LogP contribution is 2.33. The first kappa shape index (κ1) is 10.7. The second-order valence-corrected chi connectivity index (χ2v) is 5.49. The van der Waals surface area contributed by atoms with Gasteiger partial charge >= 0.3 is 0 Å². The number of hydrogen-bond acceptors (Lipinski definition) is 1. The van der Waals surface area contributed by atoms with Crippen LogP contribution in [0.3, 0.4) is 0 Å². The highest BCUT2D eigenvalue weighted by atomic mass is 15.2. The van der Waals surface area contributed by atoms with Crippen molar-refractivity contribution in [3.8, 4) is 0 Å². The molecule has 0 aromatic heterocycles. The Kier molecular flexibility index (Phi) is 2.83. The molecule has 1 fully saturated rings. The number of rotatable bonds is 2. The topological polar surface area (TPSA) is 3.24 Å². The third-order valence-corrected chi connectivity index (χ3v) is 3.45. The number of hydrogen-bond donors (Lipinski definition) is 0. The first-order valence-electron chi connectivity index (χ1n) is 5.87. The summed E-state index contributed by atoms with van der Waals surface area (Å²) >= 11 is 0. The standard InChI is InChI=1S/C14H21N/c1-12-9-14(2,3)15(10-12)11-13-7-5-4-6-8-13/h4-8,12H,9-11H2,1-3H3. The predicted molar refractivity (Wildman–Crippen MR) is 64.7 cm³/mol. The summed E-state index contributed by atoms with van der Waals surface area (Å²) in [5.41, 5.74) is 1.80. The molecule has 1 unspecified atom stereocenters. The van der Waals surface area contributed by atoms with Crippen LogP contribution < -0.4 is 0 Å². The zero-order chi connectivity index (χ0) is 10.9. The summed E-state index contributed by atoms with van der Waals surface area (Å²) < 4.78 is 0. The molecule has 1 heterocycles. The average Bonchev–Trinajstić information content (AvgIpc) is 2.41. The number of benzene rings is 1. The lowest BCUT2D eigenvalue weighted by atomic mass is 9.97. The Bertz CT molecular complexity index is 315. The second-order valence-electron chi connectivity index (χ2n) is 5.49. The number of likely N-dealkylation sites (tertiary alicyclic amines) is 1. The molecule has 0 aliphatic carbocycles. The summed E-state index contributed by atoms with van der Waals surface area (Å²) in [7, 11) is 0. The quantitative estimate of drug-likeness (QED) is 0.713. The van der Waals surface area contributed by atoms with Crippen LogP contribution in [0.25, 0.3) is 0 Å². The van der Waals surface area contributed by atoms with Crippen molar-refractivity contribution in [1.82, 2.24) is 4.90 Å². The van der Waals surface area contributed by atoms with Gasteiger partial charge in [-0.1, -0.05) is 37.3 Å². The van der Waals surface area contributed by atoms with Crippen LogP contribution in [-0.2, 0) is 6.54 Å². The molecule has 2 rings (SSSR count). The predicted octanol–water partition coefficient (Wildman–Crippen LogP) is 3.31. The summed E-state index contributed by atoms with van der Waals surface area (Å²) in [4.78, 5) is 2.60. The van der Waals surface area contributed by atoms with Gasteiger partial charge in [0.1, 0.15) is 0 Å². The highest BCUT2D eigenvalue weighted by Gasteiger charge is 2.35. The molecule has 0 saturated carbocycles. The Morgan fingerprint density at radius 1 is 1.27 bits per heavy atom. The van der Waals surface area contributed by atoms with Crippen LogP contribution in [0.2, 0.25) is 0 Å². The summed E-state index contributed by atoms with van der Waals surface area (Å²) in [5.74, 6) is 0.837. The summed E-state index contributed by atoms with van der Waals surface area (Å²) in [5, 5.41) is 0. The Morgan fingerprint density at radius 3 is 2.47 bits per heavy atom. The average molecular weight is 203 g/mol. The fraction of sp³-hybridized carbons (Fsp3) is 0.571. The molecule has 1 aliphatic heterocycles. The molecule has 1 heteroatoms. The summed E-state index contributed by atoms with van der Waals surface area (Å²) in [6.07, 6.45) is 1.32. The minimum Gasteiger partial charge on any atom is -0.294 e. The Labute approximate surface area is 93.1 Å². The Hall–Kier alpha value is -0.820. The lowest BCUT2D eigenvalue weighted by Gasteiger charge is -2.31. The Morgan fingerprint density at radius 2 is 1.93 bits per heavy atom. The SMILES string of the molecule is CC1CN(Cc2ccccc2)C(C)(C)C1. The number of nitrogens with zero attached hydrogens (tertiary/aromatic N) is 1. The lowest BCUT2D eigenvalue weighted by molar-refractivity contribution is 0.166. The maximum atomic E-state index is 2.60. The van der Waals surface area contributed by atoms with Crippen LogP contribution in [0, 0.1) is 5.92 Å². The zero-order valence-electron chi connectivity index (χ0n) is 10.0. The molecule has 15 heavy (non-hydrogen) atoms. The van der Waals surface area contributed by atoms with Crippen molar-refractivity contribution in [2.24, 2.45) is 5.92 Å². The first-order valence-corrected chi connectivity index (χ1v) is 5.87. The molecule has 1 aromatic carbocycles. The van der Waals surface area contributed by atoms with Crippen molar-refractivity contribution in [3.05, 3.63) is 35.9 Å². The normalized spacial score (nSPS) is 25.7. The van der Waals surface area contributed by atoms with E-state index in [0.29, 0.717) is 5.54 Å². The molecule has 0 amide bonds. The first-order chi connectivity index (χ1) is 7.08. The minimum atomic E-state index is 0.370. The van der Waals surface area contributed by atoms with E-state index >= 15 is 0 Å². The van der Waals surface area contributed by atoms with Gasteiger partial charge in [0.15, 0.2) is 0 Å². The fourth-order valence-electron chi connectivity index (χ4n) is 2.75. The van der Waals surface area contributed by atoms with Gasteiger partial charge in [0.05, 0.1) is 0 Å². The van der Waals surface area contributed by atoms with Gasteiger partial charge < -0.3 is 0 Å². The minimum absolute atomic E-state index is 0.370. The molecule has 1 atom stereocenters. The van der Waals surface area contributed by atoms with Gasteiger partial charge in [-0.15, -0.1) is 0 Å². The van der Waals surface area contributed by atoms with E-state index in [2.05, 4.69) is 56.0 Å². The summed E-state index contributed by atoms with van der Waals surface area (Å²) in [6, 6.07) is 10.8. The maximum Gasteiger partial charge on any atom is 0.0239 e. The lowest BCUT2D eigenvalue weighted by Crippen LogP contribution is -2.37. The molecule has 0 radical (unpaired) electrons. The van der Waals surface area contributed by atoms with Gasteiger partial charge in [0.25, 0.3) is 0 Å². The Balaban J connectivity index is 2.07. The van der Waals surface area contributed by atoms with Crippen LogP contribution in [0.5, 0.6) is 0 Å². The van der Waals surface area contributed by atoms with Crippen LogP contribution in [0.15, 0.2) is 30.3 Å². The fourth-order valence-corrected chi connectivity index (χ4v) is 2.75. The monoisotopic (exact) mass is 203 g/mol. The van der Waals surface area contributed by atoms with Crippen LogP contribution in [-0.4, -0.2) is 17.0 Å². The van der Waals surface area contributed by atoms with E-state index in [1.807, 2.05) is 0 Å². The zero-order valence-corrected chi connectivity index (χ0v) is 10.0. The smallest absolute Gasteiger partial charge is 0.0239 e. The summed E-state index contributed by atoms with van der Waals surface area (Å²) in [6.45, 7) is 9.41. The van der Waals surface area contributed by atoms with E-state index in [-0.39, 0.29) is 0 Å². The van der Waals surface area contributed by atoms with Crippen LogP contribution in [0.4, 0.5) is 0 Å². The van der Waals surface area contributed by atoms with Gasteiger partial charge in [-0.25, -0.2) is 0 Å². The van der Waals surface area contributed by atoms with Gasteiger partial charge in [0, 0.05) is 18.6 Å². The second kappa shape index (κ2) is 3.97. The van der Waals surface area contributed by atoms with Crippen molar-refractivity contribution in [2.45, 2.75) is 39.3 Å². The van der Waals surface area contributed by atoms with Crippen LogP contribution in [0.1, 0.15) is 32.8 Å². The third-order valence-electron chi connectivity index (χ3n) is 3.45. The van der Waals surface area contributed by atoms with E-state index in [4.69, 9.17) is 0 Å². The molecule has 1 nitrogen and oxygen atoms in total. The molecule has 0 N–H and O–H groups in total. The van der Waals surface area contributed by atoms with E-state index < -0.39 is 0 Å². The van der Waals surface area contributed by atoms with Crippen molar-refractivity contribution < 1.29 is 0 Å². The van der Waals surface area contributed by atoms with E-state index in [1.54, 1.807) is 0 Å². The van der Waals surface area contributed by atoms with Crippen molar-refractivity contribution >= 4 is 0 Å². The van der Waals surface area contributed by atoms with E-state index in [9.17, 15) is 0 Å². The molecule has 82 valence electrons. The molecule has 1 aliphatic rings. The van der Waals surface area contributed by atoms with Crippen molar-refractivity contribution in [2.75, 3.05) is 6.54 Å². The molecule has 0 spiro atoms. The van der Waals surface area contributed by atoms with Crippen molar-refractivity contribution in [1.29, 1.82) is 0 Å². The molecular formula is C14H21N. The molecule has 0 bridgehead atoms. The van der Waals surface area contributed by atoms with E-state index in [0.717, 1.165) is 12.5 Å². The molecule has 1 saturated heterocycles. The third kappa shape index (κ3) is 2.40. The van der Waals surface area contributed by atoms with Gasteiger partial charge in [-0.05, 0) is 31.7 Å². The van der Waals surface area contributed by atoms with Gasteiger partial charge in [-0.2, -0.15) is 0 Å². The van der Waals surface area contributed by atoms with Gasteiger partial charge in [-0.3, -0.25) is 4.90 Å². The van der Waals surface area contributed by atoms with Gasteiger partial charge in [0.2, 0.25) is 0 Å². The van der Waals surface area contributed by atoms with Crippen LogP contribution >= 0.6 is 0 Å². The molecular weight excluding hydrogens is 182 g/mol. The molecule has 1 aromatic rings.